The zero-order chi connectivity index (χ0) is 13.0. The predicted molar refractivity (Wildman–Crippen MR) is 70.2 cm³/mol. The standard InChI is InChI=1S/C12H22N2O3S/c15-12(13-10-5-2-1-3-6-10)14-11-7-4-8-18(16,17)9-11/h10-11H,1-9H2,(H2,13,14,15). The number of rotatable bonds is 2. The van der Waals surface area contributed by atoms with E-state index in [1.54, 1.807) is 0 Å². The van der Waals surface area contributed by atoms with Crippen LogP contribution < -0.4 is 10.6 Å². The summed E-state index contributed by atoms with van der Waals surface area (Å²) in [6.07, 6.45) is 7.08. The maximum Gasteiger partial charge on any atom is 0.315 e. The third-order valence-electron chi connectivity index (χ3n) is 3.74. The van der Waals surface area contributed by atoms with Crippen molar-refractivity contribution in [2.45, 2.75) is 57.0 Å². The molecule has 1 unspecified atom stereocenters. The monoisotopic (exact) mass is 274 g/mol. The molecule has 1 aliphatic carbocycles. The zero-order valence-electron chi connectivity index (χ0n) is 10.7. The molecule has 2 aliphatic rings. The predicted octanol–water partition coefficient (Wildman–Crippen LogP) is 1.20. The molecule has 2 amide bonds. The highest BCUT2D eigenvalue weighted by Crippen LogP contribution is 2.17. The third kappa shape index (κ3) is 4.15. The number of carbonyl (C=O) groups is 1. The molecular formula is C12H22N2O3S. The second-order valence-corrected chi connectivity index (χ2v) is 7.63. The minimum Gasteiger partial charge on any atom is -0.335 e. The summed E-state index contributed by atoms with van der Waals surface area (Å²) < 4.78 is 22.9. The van der Waals surface area contributed by atoms with E-state index in [1.807, 2.05) is 0 Å². The van der Waals surface area contributed by atoms with E-state index < -0.39 is 9.84 Å². The zero-order valence-corrected chi connectivity index (χ0v) is 11.5. The third-order valence-corrected chi connectivity index (χ3v) is 5.56. The van der Waals surface area contributed by atoms with Crippen molar-refractivity contribution >= 4 is 15.9 Å². The van der Waals surface area contributed by atoms with Gasteiger partial charge in [0, 0.05) is 12.1 Å². The molecule has 6 heteroatoms. The fraction of sp³-hybridized carbons (Fsp3) is 0.917. The molecule has 1 aliphatic heterocycles. The maximum atomic E-state index is 11.8. The molecule has 0 aromatic carbocycles. The smallest absolute Gasteiger partial charge is 0.315 e. The van der Waals surface area contributed by atoms with Gasteiger partial charge in [-0.2, -0.15) is 0 Å². The largest absolute Gasteiger partial charge is 0.335 e. The summed E-state index contributed by atoms with van der Waals surface area (Å²) in [5.41, 5.74) is 0. The fourth-order valence-corrected chi connectivity index (χ4v) is 4.43. The molecule has 2 rings (SSSR count). The Morgan fingerprint density at radius 2 is 1.50 bits per heavy atom. The van der Waals surface area contributed by atoms with Crippen molar-refractivity contribution < 1.29 is 13.2 Å². The first-order valence-electron chi connectivity index (χ1n) is 6.83. The van der Waals surface area contributed by atoms with E-state index in [9.17, 15) is 13.2 Å². The molecule has 5 nitrogen and oxygen atoms in total. The first-order chi connectivity index (χ1) is 8.55. The van der Waals surface area contributed by atoms with Crippen LogP contribution in [0.4, 0.5) is 4.79 Å². The Balaban J connectivity index is 1.76. The average molecular weight is 274 g/mol. The highest BCUT2D eigenvalue weighted by Gasteiger charge is 2.26. The molecular weight excluding hydrogens is 252 g/mol. The summed E-state index contributed by atoms with van der Waals surface area (Å²) in [7, 11) is -2.95. The van der Waals surface area contributed by atoms with Crippen molar-refractivity contribution in [2.75, 3.05) is 11.5 Å². The van der Waals surface area contributed by atoms with Crippen LogP contribution in [-0.2, 0) is 9.84 Å². The first kappa shape index (κ1) is 13.6. The lowest BCUT2D eigenvalue weighted by atomic mass is 9.96. The Morgan fingerprint density at radius 1 is 0.889 bits per heavy atom. The molecule has 0 bridgehead atoms. The van der Waals surface area contributed by atoms with Crippen molar-refractivity contribution in [1.82, 2.24) is 10.6 Å². The van der Waals surface area contributed by atoms with E-state index in [4.69, 9.17) is 0 Å². The summed E-state index contributed by atoms with van der Waals surface area (Å²) >= 11 is 0. The molecule has 0 spiro atoms. The van der Waals surface area contributed by atoms with E-state index in [1.165, 1.54) is 19.3 Å². The lowest BCUT2D eigenvalue weighted by Crippen LogP contribution is -2.50. The van der Waals surface area contributed by atoms with Crippen molar-refractivity contribution in [3.8, 4) is 0 Å². The van der Waals surface area contributed by atoms with Gasteiger partial charge in [-0.1, -0.05) is 19.3 Å². The fourth-order valence-electron chi connectivity index (χ4n) is 2.80. The second-order valence-electron chi connectivity index (χ2n) is 5.41. The van der Waals surface area contributed by atoms with Gasteiger partial charge in [-0.3, -0.25) is 0 Å². The van der Waals surface area contributed by atoms with Gasteiger partial charge < -0.3 is 10.6 Å². The van der Waals surface area contributed by atoms with Crippen molar-refractivity contribution in [3.05, 3.63) is 0 Å². The van der Waals surface area contributed by atoms with Crippen LogP contribution in [0.1, 0.15) is 44.9 Å². The van der Waals surface area contributed by atoms with E-state index in [2.05, 4.69) is 10.6 Å². The molecule has 1 saturated carbocycles. The maximum absolute atomic E-state index is 11.8. The second kappa shape index (κ2) is 5.91. The normalized spacial score (nSPS) is 28.6. The Morgan fingerprint density at radius 3 is 2.17 bits per heavy atom. The summed E-state index contributed by atoms with van der Waals surface area (Å²) in [5.74, 6) is 0.348. The lowest BCUT2D eigenvalue weighted by Gasteiger charge is -2.26. The molecule has 18 heavy (non-hydrogen) atoms. The minimum absolute atomic E-state index is 0.0884. The highest BCUT2D eigenvalue weighted by molar-refractivity contribution is 7.91. The van der Waals surface area contributed by atoms with E-state index in [-0.39, 0.29) is 29.6 Å². The summed E-state index contributed by atoms with van der Waals surface area (Å²) in [6.45, 7) is 0. The van der Waals surface area contributed by atoms with Gasteiger partial charge in [-0.25, -0.2) is 13.2 Å². The molecule has 0 aromatic rings. The topological polar surface area (TPSA) is 75.3 Å². The van der Waals surface area contributed by atoms with Gasteiger partial charge >= 0.3 is 6.03 Å². The molecule has 2 N–H and O–H groups in total. The molecule has 1 atom stereocenters. The van der Waals surface area contributed by atoms with Gasteiger partial charge in [0.1, 0.15) is 0 Å². The molecule has 0 radical (unpaired) electrons. The SMILES string of the molecule is O=C(NC1CCCCC1)NC1CCCS(=O)(=O)C1. The Labute approximate surface area is 109 Å². The van der Waals surface area contributed by atoms with Crippen molar-refractivity contribution in [2.24, 2.45) is 0 Å². The van der Waals surface area contributed by atoms with Crippen molar-refractivity contribution in [3.63, 3.8) is 0 Å². The number of carbonyl (C=O) groups excluding carboxylic acids is 1. The average Bonchev–Trinajstić information content (AvgIpc) is 2.28. The van der Waals surface area contributed by atoms with Crippen LogP contribution >= 0.6 is 0 Å². The van der Waals surface area contributed by atoms with Crippen LogP contribution in [0, 0.1) is 0 Å². The Hall–Kier alpha value is -0.780. The number of hydrogen-bond donors (Lipinski definition) is 2. The van der Waals surface area contributed by atoms with Crippen LogP contribution in [0.3, 0.4) is 0 Å². The number of nitrogens with one attached hydrogen (secondary N) is 2. The highest BCUT2D eigenvalue weighted by atomic mass is 32.2. The molecule has 1 heterocycles. The molecule has 0 aromatic heterocycles. The van der Waals surface area contributed by atoms with Gasteiger partial charge in [-0.05, 0) is 25.7 Å². The van der Waals surface area contributed by atoms with Crippen LogP contribution in [0.5, 0.6) is 0 Å². The van der Waals surface area contributed by atoms with Gasteiger partial charge in [0.2, 0.25) is 0 Å². The first-order valence-corrected chi connectivity index (χ1v) is 8.65. The quantitative estimate of drug-likeness (QED) is 0.794. The molecule has 1 saturated heterocycles. The lowest BCUT2D eigenvalue weighted by molar-refractivity contribution is 0.229. The van der Waals surface area contributed by atoms with Crippen molar-refractivity contribution in [1.29, 1.82) is 0 Å². The Bertz CT molecular complexity index is 388. The number of urea groups is 1. The van der Waals surface area contributed by atoms with Gasteiger partial charge in [0.25, 0.3) is 0 Å². The van der Waals surface area contributed by atoms with E-state index in [0.717, 1.165) is 19.3 Å². The summed E-state index contributed by atoms with van der Waals surface area (Å²) in [5, 5.41) is 5.74. The van der Waals surface area contributed by atoms with Crippen LogP contribution in [0.15, 0.2) is 0 Å². The van der Waals surface area contributed by atoms with Crippen LogP contribution in [0.2, 0.25) is 0 Å². The molecule has 104 valence electrons. The van der Waals surface area contributed by atoms with Crippen LogP contribution in [0.25, 0.3) is 0 Å². The minimum atomic E-state index is -2.95. The van der Waals surface area contributed by atoms with Gasteiger partial charge in [0.05, 0.1) is 11.5 Å². The summed E-state index contributed by atoms with van der Waals surface area (Å²) in [4.78, 5) is 11.8. The van der Waals surface area contributed by atoms with Gasteiger partial charge in [-0.15, -0.1) is 0 Å². The number of sulfone groups is 1. The van der Waals surface area contributed by atoms with E-state index >= 15 is 0 Å². The molecule has 2 fully saturated rings. The number of hydrogen-bond acceptors (Lipinski definition) is 3. The number of amides is 2. The van der Waals surface area contributed by atoms with Crippen LogP contribution in [-0.4, -0.2) is 38.0 Å². The Kier molecular flexibility index (Phi) is 4.48. The van der Waals surface area contributed by atoms with E-state index in [0.29, 0.717) is 6.42 Å². The van der Waals surface area contributed by atoms with Gasteiger partial charge in [0.15, 0.2) is 9.84 Å². The summed E-state index contributed by atoms with van der Waals surface area (Å²) in [6, 6.07) is -0.157.